The Hall–Kier alpha value is -2.45. The molecule has 0 aliphatic carbocycles. The number of carbonyl (C=O) groups excluding carboxylic acids is 1. The minimum absolute atomic E-state index is 0.0478. The number of aromatic nitrogens is 2. The average Bonchev–Trinajstić information content (AvgIpc) is 3.30. The lowest BCUT2D eigenvalue weighted by Gasteiger charge is -2.21. The predicted molar refractivity (Wildman–Crippen MR) is 131 cm³/mol. The van der Waals surface area contributed by atoms with E-state index in [1.807, 2.05) is 80.7 Å². The zero-order valence-electron chi connectivity index (χ0n) is 18.5. The summed E-state index contributed by atoms with van der Waals surface area (Å²) in [5, 5.41) is 6.89. The Labute approximate surface area is 196 Å². The molecule has 1 saturated heterocycles. The highest BCUT2D eigenvalue weighted by molar-refractivity contribution is 8.16. The van der Waals surface area contributed by atoms with Crippen LogP contribution in [-0.4, -0.2) is 34.2 Å². The molecule has 8 heteroatoms. The number of hydrogen-bond acceptors (Lipinski definition) is 7. The molecule has 3 aromatic rings. The zero-order valence-corrected chi connectivity index (χ0v) is 20.1. The monoisotopic (exact) mass is 469 g/mol. The highest BCUT2D eigenvalue weighted by Crippen LogP contribution is 2.43. The summed E-state index contributed by atoms with van der Waals surface area (Å²) in [6.45, 7) is 6.02. The molecule has 1 N–H and O–H groups in total. The molecule has 0 spiro atoms. The number of hydrogen-bond donors (Lipinski definition) is 1. The van der Waals surface area contributed by atoms with Crippen LogP contribution in [0.15, 0.2) is 53.1 Å². The molecule has 0 atom stereocenters. The number of rotatable bonds is 6. The van der Waals surface area contributed by atoms with Gasteiger partial charge in [-0.1, -0.05) is 38.1 Å². The van der Waals surface area contributed by atoms with Gasteiger partial charge in [-0.3, -0.25) is 4.79 Å². The van der Waals surface area contributed by atoms with Gasteiger partial charge in [0.1, 0.15) is 5.75 Å². The maximum Gasteiger partial charge on any atom is 0.262 e. The third kappa shape index (κ3) is 5.86. The molecule has 0 saturated carbocycles. The summed E-state index contributed by atoms with van der Waals surface area (Å²) in [4.78, 5) is 16.7. The van der Waals surface area contributed by atoms with Crippen LogP contribution in [0.25, 0.3) is 11.4 Å². The molecule has 0 bridgehead atoms. The molecule has 1 aromatic heterocycles. The van der Waals surface area contributed by atoms with E-state index in [-0.39, 0.29) is 17.9 Å². The maximum absolute atomic E-state index is 12.3. The van der Waals surface area contributed by atoms with Crippen molar-refractivity contribution >= 4 is 35.1 Å². The summed E-state index contributed by atoms with van der Waals surface area (Å²) < 4.78 is 11.5. The van der Waals surface area contributed by atoms with Crippen LogP contribution >= 0.6 is 23.5 Å². The Balaban J connectivity index is 1.28. The number of amides is 1. The standard InChI is InChI=1S/C24H27N3O3S2/c1-24(2,3)23-26-21(27-30-23)16-5-9-18(10-6-16)25-20(28)15-29-19-11-7-17(8-12-19)22-31-13-4-14-32-22/h5-12,22H,4,13-15H2,1-3H3,(H,25,28). The quantitative estimate of drug-likeness (QED) is 0.480. The Morgan fingerprint density at radius 2 is 1.78 bits per heavy atom. The van der Waals surface area contributed by atoms with Gasteiger partial charge >= 0.3 is 0 Å². The molecule has 2 heterocycles. The first-order valence-corrected chi connectivity index (χ1v) is 12.7. The lowest BCUT2D eigenvalue weighted by atomic mass is 9.97. The fraction of sp³-hybridized carbons (Fsp3) is 0.375. The van der Waals surface area contributed by atoms with E-state index in [2.05, 4.69) is 27.6 Å². The molecular formula is C24H27N3O3S2. The van der Waals surface area contributed by atoms with Gasteiger partial charge in [-0.15, -0.1) is 23.5 Å². The van der Waals surface area contributed by atoms with Gasteiger partial charge in [0.25, 0.3) is 5.91 Å². The molecule has 2 aromatic carbocycles. The van der Waals surface area contributed by atoms with Crippen molar-refractivity contribution in [1.29, 1.82) is 0 Å². The average molecular weight is 470 g/mol. The zero-order chi connectivity index (χ0) is 22.6. The largest absolute Gasteiger partial charge is 0.484 e. The van der Waals surface area contributed by atoms with E-state index in [1.165, 1.54) is 23.5 Å². The van der Waals surface area contributed by atoms with E-state index >= 15 is 0 Å². The Kier molecular flexibility index (Phi) is 7.10. The number of benzene rings is 2. The molecule has 6 nitrogen and oxygen atoms in total. The molecule has 1 amide bonds. The van der Waals surface area contributed by atoms with Crippen molar-refractivity contribution in [1.82, 2.24) is 10.1 Å². The fourth-order valence-electron chi connectivity index (χ4n) is 3.10. The Bertz CT molecular complexity index is 1040. The van der Waals surface area contributed by atoms with Gasteiger partial charge in [0, 0.05) is 16.7 Å². The summed E-state index contributed by atoms with van der Waals surface area (Å²) in [7, 11) is 0. The lowest BCUT2D eigenvalue weighted by Crippen LogP contribution is -2.20. The normalized spacial score (nSPS) is 14.8. The first-order valence-electron chi connectivity index (χ1n) is 10.6. The highest BCUT2D eigenvalue weighted by atomic mass is 32.2. The Morgan fingerprint density at radius 3 is 2.41 bits per heavy atom. The third-order valence-corrected chi connectivity index (χ3v) is 7.86. The van der Waals surface area contributed by atoms with Gasteiger partial charge in [-0.2, -0.15) is 4.98 Å². The molecule has 0 radical (unpaired) electrons. The molecular weight excluding hydrogens is 442 g/mol. The molecule has 1 fully saturated rings. The van der Waals surface area contributed by atoms with E-state index in [0.29, 0.717) is 27.7 Å². The summed E-state index contributed by atoms with van der Waals surface area (Å²) in [5.74, 6) is 4.02. The van der Waals surface area contributed by atoms with Crippen LogP contribution in [0.2, 0.25) is 0 Å². The smallest absolute Gasteiger partial charge is 0.262 e. The summed E-state index contributed by atoms with van der Waals surface area (Å²) in [6.07, 6.45) is 1.28. The second kappa shape index (κ2) is 10.0. The number of anilines is 1. The van der Waals surface area contributed by atoms with Crippen LogP contribution in [0.1, 0.15) is 43.2 Å². The molecule has 1 aliphatic heterocycles. The first-order chi connectivity index (χ1) is 15.4. The second-order valence-corrected chi connectivity index (χ2v) is 11.3. The van der Waals surface area contributed by atoms with Gasteiger partial charge in [-0.05, 0) is 59.9 Å². The van der Waals surface area contributed by atoms with Gasteiger partial charge in [0.2, 0.25) is 11.7 Å². The second-order valence-electron chi connectivity index (χ2n) is 8.58. The van der Waals surface area contributed by atoms with Crippen molar-refractivity contribution in [2.45, 2.75) is 37.2 Å². The van der Waals surface area contributed by atoms with Crippen LogP contribution < -0.4 is 10.1 Å². The van der Waals surface area contributed by atoms with Crippen LogP contribution in [-0.2, 0) is 10.2 Å². The van der Waals surface area contributed by atoms with Crippen LogP contribution in [0, 0.1) is 0 Å². The summed E-state index contributed by atoms with van der Waals surface area (Å²) in [5.41, 5.74) is 2.61. The van der Waals surface area contributed by atoms with Crippen molar-refractivity contribution < 1.29 is 14.1 Å². The van der Waals surface area contributed by atoms with Crippen LogP contribution in [0.4, 0.5) is 5.69 Å². The number of thioether (sulfide) groups is 2. The van der Waals surface area contributed by atoms with Gasteiger partial charge in [0.15, 0.2) is 6.61 Å². The summed E-state index contributed by atoms with van der Waals surface area (Å²) in [6, 6.07) is 15.4. The first kappa shape index (κ1) is 22.7. The molecule has 0 unspecified atom stereocenters. The minimum Gasteiger partial charge on any atom is -0.484 e. The number of nitrogens with one attached hydrogen (secondary N) is 1. The van der Waals surface area contributed by atoms with E-state index in [4.69, 9.17) is 9.26 Å². The van der Waals surface area contributed by atoms with Crippen molar-refractivity contribution in [3.63, 3.8) is 0 Å². The maximum atomic E-state index is 12.3. The van der Waals surface area contributed by atoms with Crippen molar-refractivity contribution in [3.05, 3.63) is 60.0 Å². The van der Waals surface area contributed by atoms with Crippen LogP contribution in [0.3, 0.4) is 0 Å². The topological polar surface area (TPSA) is 77.2 Å². The van der Waals surface area contributed by atoms with Gasteiger partial charge < -0.3 is 14.6 Å². The molecule has 32 heavy (non-hydrogen) atoms. The van der Waals surface area contributed by atoms with Crippen molar-refractivity contribution in [3.8, 4) is 17.1 Å². The molecule has 4 rings (SSSR count). The Morgan fingerprint density at radius 1 is 1.09 bits per heavy atom. The van der Waals surface area contributed by atoms with Crippen molar-refractivity contribution in [2.75, 3.05) is 23.4 Å². The van der Waals surface area contributed by atoms with Crippen molar-refractivity contribution in [2.24, 2.45) is 0 Å². The molecule has 168 valence electrons. The van der Waals surface area contributed by atoms with Gasteiger partial charge in [0.05, 0.1) is 4.58 Å². The number of carbonyl (C=O) groups is 1. The number of nitrogens with zero attached hydrogens (tertiary/aromatic N) is 2. The lowest BCUT2D eigenvalue weighted by molar-refractivity contribution is -0.118. The van der Waals surface area contributed by atoms with E-state index < -0.39 is 0 Å². The van der Waals surface area contributed by atoms with Crippen LogP contribution in [0.5, 0.6) is 5.75 Å². The fourth-order valence-corrected chi connectivity index (χ4v) is 5.99. The summed E-state index contributed by atoms with van der Waals surface area (Å²) >= 11 is 3.98. The minimum atomic E-state index is -0.213. The van der Waals surface area contributed by atoms with E-state index in [1.54, 1.807) is 0 Å². The van der Waals surface area contributed by atoms with E-state index in [0.717, 1.165) is 5.56 Å². The SMILES string of the molecule is CC(C)(C)c1nc(-c2ccc(NC(=O)COc3ccc(C4SCCCS4)cc3)cc2)no1. The number of ether oxygens (including phenoxy) is 1. The predicted octanol–water partition coefficient (Wildman–Crippen LogP) is 5.92. The van der Waals surface area contributed by atoms with E-state index in [9.17, 15) is 4.79 Å². The highest BCUT2D eigenvalue weighted by Gasteiger charge is 2.22. The third-order valence-electron chi connectivity index (χ3n) is 4.84. The molecule has 1 aliphatic rings. The van der Waals surface area contributed by atoms with Gasteiger partial charge in [-0.25, -0.2) is 0 Å².